The van der Waals surface area contributed by atoms with Gasteiger partial charge in [0, 0.05) is 19.5 Å². The maximum Gasteiger partial charge on any atom is 0.311 e. The van der Waals surface area contributed by atoms with Crippen LogP contribution < -0.4 is 10.6 Å². The van der Waals surface area contributed by atoms with E-state index in [0.29, 0.717) is 32.2 Å². The van der Waals surface area contributed by atoms with Crippen molar-refractivity contribution < 1.29 is 19.5 Å². The Morgan fingerprint density at radius 2 is 2.17 bits per heavy atom. The lowest BCUT2D eigenvalue weighted by Crippen LogP contribution is -2.50. The molecule has 6 nitrogen and oxygen atoms in total. The van der Waals surface area contributed by atoms with Gasteiger partial charge in [0.2, 0.25) is 11.8 Å². The van der Waals surface area contributed by atoms with E-state index in [-0.39, 0.29) is 24.3 Å². The van der Waals surface area contributed by atoms with Gasteiger partial charge in [-0.05, 0) is 19.3 Å². The monoisotopic (exact) mass is 254 g/mol. The summed E-state index contributed by atoms with van der Waals surface area (Å²) in [5.74, 6) is -1.23. The summed E-state index contributed by atoms with van der Waals surface area (Å²) in [6.07, 6.45) is 3.07. The second-order valence-corrected chi connectivity index (χ2v) is 5.20. The number of nitrogens with one attached hydrogen (secondary N) is 2. The highest BCUT2D eigenvalue weighted by molar-refractivity contribution is 5.84. The lowest BCUT2D eigenvalue weighted by molar-refractivity contribution is -0.154. The fourth-order valence-electron chi connectivity index (χ4n) is 2.43. The van der Waals surface area contributed by atoms with Crippen molar-refractivity contribution in [1.82, 2.24) is 10.6 Å². The van der Waals surface area contributed by atoms with Gasteiger partial charge in [-0.1, -0.05) is 6.42 Å². The van der Waals surface area contributed by atoms with Gasteiger partial charge in [0.15, 0.2) is 0 Å². The smallest absolute Gasteiger partial charge is 0.311 e. The molecule has 1 saturated carbocycles. The maximum absolute atomic E-state index is 11.9. The van der Waals surface area contributed by atoms with Crippen molar-refractivity contribution in [3.8, 4) is 0 Å². The van der Waals surface area contributed by atoms with E-state index in [9.17, 15) is 14.4 Å². The molecule has 0 aromatic heterocycles. The molecule has 0 aromatic rings. The van der Waals surface area contributed by atoms with Gasteiger partial charge in [-0.3, -0.25) is 14.4 Å². The van der Waals surface area contributed by atoms with Crippen molar-refractivity contribution >= 4 is 17.8 Å². The number of piperidine rings is 1. The Bertz CT molecular complexity index is 366. The van der Waals surface area contributed by atoms with Gasteiger partial charge >= 0.3 is 5.97 Å². The number of carboxylic acids is 1. The number of hydrogen-bond donors (Lipinski definition) is 3. The van der Waals surface area contributed by atoms with Crippen LogP contribution >= 0.6 is 0 Å². The number of carboxylic acid groups (broad SMARTS) is 1. The molecule has 100 valence electrons. The number of hydrogen-bond acceptors (Lipinski definition) is 3. The summed E-state index contributed by atoms with van der Waals surface area (Å²) >= 11 is 0. The number of aliphatic carboxylic acids is 1. The summed E-state index contributed by atoms with van der Waals surface area (Å²) in [6.45, 7) is 0.552. The van der Waals surface area contributed by atoms with E-state index in [0.717, 1.165) is 6.42 Å². The highest BCUT2D eigenvalue weighted by Crippen LogP contribution is 2.40. The van der Waals surface area contributed by atoms with Gasteiger partial charge in [-0.15, -0.1) is 0 Å². The zero-order chi connectivity index (χ0) is 13.2. The molecule has 6 heteroatoms. The minimum atomic E-state index is -0.828. The third kappa shape index (κ3) is 2.47. The van der Waals surface area contributed by atoms with Crippen molar-refractivity contribution in [2.75, 3.05) is 13.1 Å². The third-order valence-electron chi connectivity index (χ3n) is 4.00. The molecule has 1 saturated heterocycles. The average Bonchev–Trinajstić information content (AvgIpc) is 2.27. The normalized spacial score (nSPS) is 25.8. The molecule has 2 amide bonds. The Labute approximate surface area is 105 Å². The first kappa shape index (κ1) is 12.9. The first-order chi connectivity index (χ1) is 8.53. The Hall–Kier alpha value is -1.59. The summed E-state index contributed by atoms with van der Waals surface area (Å²) in [5.41, 5.74) is -0.756. The van der Waals surface area contributed by atoms with Gasteiger partial charge in [0.05, 0.1) is 11.3 Å². The van der Waals surface area contributed by atoms with E-state index < -0.39 is 11.4 Å². The molecule has 1 aliphatic heterocycles. The quantitative estimate of drug-likeness (QED) is 0.652. The predicted octanol–water partition coefficient (Wildman–Crippen LogP) is -0.116. The van der Waals surface area contributed by atoms with Crippen LogP contribution in [0.5, 0.6) is 0 Å². The standard InChI is InChI=1S/C12H18N2O4/c15-9-3-2-8(6-13-9)10(16)14-7-12(11(17)18)4-1-5-12/h8H,1-7H2,(H,13,15)(H,14,16)(H,17,18). The van der Waals surface area contributed by atoms with E-state index in [2.05, 4.69) is 10.6 Å². The molecule has 1 unspecified atom stereocenters. The van der Waals surface area contributed by atoms with Gasteiger partial charge in [-0.25, -0.2) is 0 Å². The summed E-state index contributed by atoms with van der Waals surface area (Å²) in [4.78, 5) is 34.0. The molecule has 0 radical (unpaired) electrons. The lowest BCUT2D eigenvalue weighted by atomic mass is 9.68. The van der Waals surface area contributed by atoms with Gasteiger partial charge in [-0.2, -0.15) is 0 Å². The highest BCUT2D eigenvalue weighted by atomic mass is 16.4. The highest BCUT2D eigenvalue weighted by Gasteiger charge is 2.44. The van der Waals surface area contributed by atoms with Crippen LogP contribution in [-0.2, 0) is 14.4 Å². The predicted molar refractivity (Wildman–Crippen MR) is 62.7 cm³/mol. The lowest BCUT2D eigenvalue weighted by Gasteiger charge is -2.38. The first-order valence-corrected chi connectivity index (χ1v) is 6.31. The number of rotatable bonds is 4. The Kier molecular flexibility index (Phi) is 3.54. The van der Waals surface area contributed by atoms with E-state index in [1.165, 1.54) is 0 Å². The minimum absolute atomic E-state index is 0.0277. The van der Waals surface area contributed by atoms with Crippen LogP contribution in [0.15, 0.2) is 0 Å². The van der Waals surface area contributed by atoms with Crippen molar-refractivity contribution in [2.45, 2.75) is 32.1 Å². The maximum atomic E-state index is 11.9. The molecule has 2 fully saturated rings. The molecule has 2 rings (SSSR count). The van der Waals surface area contributed by atoms with Crippen LogP contribution in [0, 0.1) is 11.3 Å². The number of amides is 2. The number of carbonyl (C=O) groups excluding carboxylic acids is 2. The Balaban J connectivity index is 1.81. The van der Waals surface area contributed by atoms with E-state index in [1.54, 1.807) is 0 Å². The number of carbonyl (C=O) groups is 3. The van der Waals surface area contributed by atoms with Crippen molar-refractivity contribution in [3.63, 3.8) is 0 Å². The summed E-state index contributed by atoms with van der Waals surface area (Å²) in [5, 5.41) is 14.5. The van der Waals surface area contributed by atoms with Crippen LogP contribution in [0.1, 0.15) is 32.1 Å². The molecular formula is C12H18N2O4. The molecule has 2 aliphatic rings. The van der Waals surface area contributed by atoms with Crippen LogP contribution in [-0.4, -0.2) is 36.0 Å². The third-order valence-corrected chi connectivity index (χ3v) is 4.00. The van der Waals surface area contributed by atoms with Crippen molar-refractivity contribution in [1.29, 1.82) is 0 Å². The van der Waals surface area contributed by atoms with E-state index >= 15 is 0 Å². The second kappa shape index (κ2) is 4.96. The molecule has 0 aromatic carbocycles. The molecule has 3 N–H and O–H groups in total. The minimum Gasteiger partial charge on any atom is -0.481 e. The van der Waals surface area contributed by atoms with Crippen LogP contribution in [0.4, 0.5) is 0 Å². The Morgan fingerprint density at radius 3 is 2.61 bits per heavy atom. The molecule has 1 heterocycles. The molecule has 1 aliphatic carbocycles. The van der Waals surface area contributed by atoms with E-state index in [4.69, 9.17) is 5.11 Å². The molecule has 0 spiro atoms. The fourth-order valence-corrected chi connectivity index (χ4v) is 2.43. The van der Waals surface area contributed by atoms with Crippen LogP contribution in [0.3, 0.4) is 0 Å². The summed E-state index contributed by atoms with van der Waals surface area (Å²) in [7, 11) is 0. The van der Waals surface area contributed by atoms with Gasteiger partial charge in [0.25, 0.3) is 0 Å². The SMILES string of the molecule is O=C1CCC(C(=O)NCC2(C(=O)O)CCC2)CN1. The van der Waals surface area contributed by atoms with Gasteiger partial charge < -0.3 is 15.7 Å². The first-order valence-electron chi connectivity index (χ1n) is 6.31. The van der Waals surface area contributed by atoms with Crippen molar-refractivity contribution in [3.05, 3.63) is 0 Å². The summed E-state index contributed by atoms with van der Waals surface area (Å²) in [6, 6.07) is 0. The van der Waals surface area contributed by atoms with Crippen molar-refractivity contribution in [2.24, 2.45) is 11.3 Å². The van der Waals surface area contributed by atoms with Gasteiger partial charge in [0.1, 0.15) is 0 Å². The molecular weight excluding hydrogens is 236 g/mol. The largest absolute Gasteiger partial charge is 0.481 e. The molecule has 1 atom stereocenters. The zero-order valence-electron chi connectivity index (χ0n) is 10.2. The average molecular weight is 254 g/mol. The molecule has 18 heavy (non-hydrogen) atoms. The topological polar surface area (TPSA) is 95.5 Å². The van der Waals surface area contributed by atoms with Crippen LogP contribution in [0.25, 0.3) is 0 Å². The fraction of sp³-hybridized carbons (Fsp3) is 0.750. The molecule has 0 bridgehead atoms. The summed E-state index contributed by atoms with van der Waals surface area (Å²) < 4.78 is 0. The second-order valence-electron chi connectivity index (χ2n) is 5.20. The Morgan fingerprint density at radius 1 is 1.44 bits per heavy atom. The van der Waals surface area contributed by atoms with E-state index in [1.807, 2.05) is 0 Å². The zero-order valence-corrected chi connectivity index (χ0v) is 10.2. The van der Waals surface area contributed by atoms with Crippen LogP contribution in [0.2, 0.25) is 0 Å².